The SMILES string of the molecule is CNCC(O)COc1cccc(-c2nc(CC3CCN(C(=O)OC)CC3)c(Cl)c(-c3c(C)noc3C)n2)c1. The molecule has 1 unspecified atom stereocenters. The Morgan fingerprint density at radius 3 is 2.71 bits per heavy atom. The minimum atomic E-state index is -0.626. The van der Waals surface area contributed by atoms with Crippen molar-refractivity contribution < 1.29 is 23.9 Å². The van der Waals surface area contributed by atoms with Gasteiger partial charge in [0.05, 0.1) is 34.8 Å². The summed E-state index contributed by atoms with van der Waals surface area (Å²) in [6.45, 7) is 5.54. The van der Waals surface area contributed by atoms with Gasteiger partial charge in [0.15, 0.2) is 5.82 Å². The van der Waals surface area contributed by atoms with Crippen LogP contribution in [0.5, 0.6) is 5.75 Å². The Balaban J connectivity index is 1.66. The molecule has 1 atom stereocenters. The van der Waals surface area contributed by atoms with E-state index in [2.05, 4.69) is 10.5 Å². The standard InChI is InChI=1S/C27H34ClN5O5/c1-16-23(17(2)38-32-16)25-24(28)22(12-18-8-10-33(11-9-18)27(35)36-4)30-26(31-25)19-6-5-7-21(13-19)37-15-20(34)14-29-3/h5-7,13,18,20,29,34H,8-12,14-15H2,1-4H3. The highest BCUT2D eigenvalue weighted by Gasteiger charge is 2.27. The first-order chi connectivity index (χ1) is 18.3. The zero-order chi connectivity index (χ0) is 27.2. The van der Waals surface area contributed by atoms with Crippen molar-refractivity contribution in [2.24, 2.45) is 5.92 Å². The molecule has 1 aromatic carbocycles. The lowest BCUT2D eigenvalue weighted by Crippen LogP contribution is -2.38. The lowest BCUT2D eigenvalue weighted by atomic mass is 9.91. The summed E-state index contributed by atoms with van der Waals surface area (Å²) in [4.78, 5) is 23.3. The summed E-state index contributed by atoms with van der Waals surface area (Å²) < 4.78 is 16.1. The molecule has 0 bridgehead atoms. The number of aromatic nitrogens is 3. The smallest absolute Gasteiger partial charge is 0.409 e. The van der Waals surface area contributed by atoms with Gasteiger partial charge in [0.1, 0.15) is 24.2 Å². The number of aliphatic hydroxyl groups excluding tert-OH is 1. The molecule has 3 heterocycles. The van der Waals surface area contributed by atoms with Crippen molar-refractivity contribution in [3.05, 3.63) is 46.4 Å². The number of aliphatic hydroxyl groups is 1. The molecule has 0 spiro atoms. The van der Waals surface area contributed by atoms with Crippen LogP contribution in [0.4, 0.5) is 4.79 Å². The summed E-state index contributed by atoms with van der Waals surface area (Å²) in [6.07, 6.45) is 1.37. The molecule has 38 heavy (non-hydrogen) atoms. The fraction of sp³-hybridized carbons (Fsp3) is 0.481. The predicted molar refractivity (Wildman–Crippen MR) is 143 cm³/mol. The van der Waals surface area contributed by atoms with Gasteiger partial charge in [-0.3, -0.25) is 0 Å². The van der Waals surface area contributed by atoms with Gasteiger partial charge in [-0.2, -0.15) is 0 Å². The Bertz CT molecular complexity index is 1240. The molecular formula is C27H34ClN5O5. The summed E-state index contributed by atoms with van der Waals surface area (Å²) >= 11 is 6.93. The molecule has 1 saturated heterocycles. The maximum Gasteiger partial charge on any atom is 0.409 e. The van der Waals surface area contributed by atoms with Crippen LogP contribution in [-0.4, -0.2) is 77.7 Å². The van der Waals surface area contributed by atoms with Gasteiger partial charge < -0.3 is 29.3 Å². The van der Waals surface area contributed by atoms with E-state index in [9.17, 15) is 9.90 Å². The van der Waals surface area contributed by atoms with E-state index in [1.807, 2.05) is 38.1 Å². The first-order valence-electron chi connectivity index (χ1n) is 12.7. The Labute approximate surface area is 227 Å². The average Bonchev–Trinajstić information content (AvgIpc) is 3.26. The van der Waals surface area contributed by atoms with Crippen molar-refractivity contribution in [2.45, 2.75) is 39.2 Å². The summed E-state index contributed by atoms with van der Waals surface area (Å²) in [5, 5.41) is 17.5. The van der Waals surface area contributed by atoms with Crippen LogP contribution < -0.4 is 10.1 Å². The number of aryl methyl sites for hydroxylation is 2. The van der Waals surface area contributed by atoms with Crippen molar-refractivity contribution in [1.29, 1.82) is 0 Å². The van der Waals surface area contributed by atoms with Crippen LogP contribution in [0, 0.1) is 19.8 Å². The average molecular weight is 544 g/mol. The fourth-order valence-electron chi connectivity index (χ4n) is 4.68. The molecule has 204 valence electrons. The lowest BCUT2D eigenvalue weighted by Gasteiger charge is -2.31. The number of piperidine rings is 1. The van der Waals surface area contributed by atoms with Crippen molar-refractivity contribution in [1.82, 2.24) is 25.3 Å². The zero-order valence-corrected chi connectivity index (χ0v) is 22.9. The Morgan fingerprint density at radius 1 is 1.29 bits per heavy atom. The first kappa shape index (κ1) is 27.8. The van der Waals surface area contributed by atoms with Gasteiger partial charge in [0.25, 0.3) is 0 Å². The highest BCUT2D eigenvalue weighted by Crippen LogP contribution is 2.36. The summed E-state index contributed by atoms with van der Waals surface area (Å²) in [5.41, 5.74) is 3.52. The number of likely N-dealkylation sites (tertiary alicyclic amines) is 1. The number of hydrogen-bond acceptors (Lipinski definition) is 9. The zero-order valence-electron chi connectivity index (χ0n) is 22.2. The first-order valence-corrected chi connectivity index (χ1v) is 13.1. The van der Waals surface area contributed by atoms with Gasteiger partial charge in [0, 0.05) is 25.2 Å². The number of benzene rings is 1. The topological polar surface area (TPSA) is 123 Å². The van der Waals surface area contributed by atoms with Crippen LogP contribution in [0.2, 0.25) is 5.02 Å². The molecule has 10 nitrogen and oxygen atoms in total. The normalized spacial score (nSPS) is 14.9. The molecule has 3 aromatic rings. The van der Waals surface area contributed by atoms with E-state index in [1.165, 1.54) is 7.11 Å². The second-order valence-corrected chi connectivity index (χ2v) is 9.89. The molecule has 1 aliphatic rings. The number of ether oxygens (including phenoxy) is 2. The van der Waals surface area contributed by atoms with Crippen molar-refractivity contribution >= 4 is 17.7 Å². The highest BCUT2D eigenvalue weighted by molar-refractivity contribution is 6.33. The molecule has 1 fully saturated rings. The van der Waals surface area contributed by atoms with Crippen molar-refractivity contribution in [2.75, 3.05) is 40.4 Å². The molecule has 1 aliphatic heterocycles. The number of hydrogen-bond donors (Lipinski definition) is 2. The second kappa shape index (κ2) is 12.6. The van der Waals surface area contributed by atoms with Gasteiger partial charge in [-0.1, -0.05) is 28.9 Å². The van der Waals surface area contributed by atoms with E-state index < -0.39 is 6.10 Å². The lowest BCUT2D eigenvalue weighted by molar-refractivity contribution is 0.106. The summed E-state index contributed by atoms with van der Waals surface area (Å²) in [5.74, 6) is 2.04. The van der Waals surface area contributed by atoms with Gasteiger partial charge in [0.2, 0.25) is 0 Å². The minimum Gasteiger partial charge on any atom is -0.491 e. The highest BCUT2D eigenvalue weighted by atomic mass is 35.5. The molecule has 0 radical (unpaired) electrons. The molecule has 11 heteroatoms. The monoisotopic (exact) mass is 543 g/mol. The molecule has 1 amide bonds. The number of nitrogens with zero attached hydrogens (tertiary/aromatic N) is 4. The third-order valence-electron chi connectivity index (χ3n) is 6.69. The van der Waals surface area contributed by atoms with E-state index in [0.717, 1.165) is 29.7 Å². The molecule has 0 saturated carbocycles. The number of nitrogens with one attached hydrogen (secondary N) is 1. The fourth-order valence-corrected chi connectivity index (χ4v) is 4.93. The van der Waals surface area contributed by atoms with Gasteiger partial charge in [-0.15, -0.1) is 0 Å². The molecule has 2 N–H and O–H groups in total. The van der Waals surface area contributed by atoms with E-state index in [-0.39, 0.29) is 12.7 Å². The van der Waals surface area contributed by atoms with Crippen molar-refractivity contribution in [3.63, 3.8) is 0 Å². The van der Waals surface area contributed by atoms with Gasteiger partial charge >= 0.3 is 6.09 Å². The minimum absolute atomic E-state index is 0.158. The number of rotatable bonds is 9. The molecule has 0 aliphatic carbocycles. The van der Waals surface area contributed by atoms with Crippen LogP contribution in [-0.2, 0) is 11.2 Å². The van der Waals surface area contributed by atoms with E-state index in [0.29, 0.717) is 65.7 Å². The van der Waals surface area contributed by atoms with Crippen LogP contribution >= 0.6 is 11.6 Å². The molecular weight excluding hydrogens is 510 g/mol. The molecule has 4 rings (SSSR count). The third-order valence-corrected chi connectivity index (χ3v) is 7.09. The Morgan fingerprint density at radius 2 is 2.05 bits per heavy atom. The van der Waals surface area contributed by atoms with Crippen LogP contribution in [0.25, 0.3) is 22.6 Å². The number of halogens is 1. The van der Waals surface area contributed by atoms with Crippen LogP contribution in [0.1, 0.15) is 30.0 Å². The number of methoxy groups -OCH3 is 1. The summed E-state index contributed by atoms with van der Waals surface area (Å²) in [6, 6.07) is 7.46. The Kier molecular flexibility index (Phi) is 9.19. The van der Waals surface area contributed by atoms with Gasteiger partial charge in [-0.05, 0) is 58.2 Å². The van der Waals surface area contributed by atoms with E-state index >= 15 is 0 Å². The predicted octanol–water partition coefficient (Wildman–Crippen LogP) is 4.05. The number of carbonyl (C=O) groups is 1. The maximum absolute atomic E-state index is 11.9. The van der Waals surface area contributed by atoms with E-state index in [1.54, 1.807) is 11.9 Å². The van der Waals surface area contributed by atoms with Crippen LogP contribution in [0.3, 0.4) is 0 Å². The third kappa shape index (κ3) is 6.43. The maximum atomic E-state index is 11.9. The second-order valence-electron chi connectivity index (χ2n) is 9.51. The Hall–Kier alpha value is -3.21. The molecule has 2 aromatic heterocycles. The largest absolute Gasteiger partial charge is 0.491 e. The number of carbonyl (C=O) groups excluding carboxylic acids is 1. The number of likely N-dealkylation sites (N-methyl/N-ethyl adjacent to an activating group) is 1. The number of amides is 1. The van der Waals surface area contributed by atoms with Gasteiger partial charge in [-0.25, -0.2) is 14.8 Å². The van der Waals surface area contributed by atoms with E-state index in [4.69, 9.17) is 35.6 Å². The van der Waals surface area contributed by atoms with Crippen LogP contribution in [0.15, 0.2) is 28.8 Å². The van der Waals surface area contributed by atoms with Crippen molar-refractivity contribution in [3.8, 4) is 28.4 Å². The summed E-state index contributed by atoms with van der Waals surface area (Å²) in [7, 11) is 3.18. The quantitative estimate of drug-likeness (QED) is 0.411.